The van der Waals surface area contributed by atoms with Crippen LogP contribution in [0, 0.1) is 10.1 Å². The topological polar surface area (TPSA) is 118 Å². The third-order valence-electron chi connectivity index (χ3n) is 4.23. The predicted octanol–water partition coefficient (Wildman–Crippen LogP) is 3.96. The Bertz CT molecular complexity index is 1260. The molecule has 28 heavy (non-hydrogen) atoms. The number of rotatable bonds is 4. The third kappa shape index (κ3) is 3.14. The van der Waals surface area contributed by atoms with E-state index in [-0.39, 0.29) is 5.76 Å². The minimum atomic E-state index is -0.704. The van der Waals surface area contributed by atoms with Crippen molar-refractivity contribution in [2.24, 2.45) is 5.10 Å². The van der Waals surface area contributed by atoms with E-state index in [1.54, 1.807) is 12.1 Å². The Kier molecular flexibility index (Phi) is 4.21. The van der Waals surface area contributed by atoms with Gasteiger partial charge in [-0.3, -0.25) is 14.9 Å². The van der Waals surface area contributed by atoms with Crippen molar-refractivity contribution < 1.29 is 19.2 Å². The first-order valence-corrected chi connectivity index (χ1v) is 8.25. The summed E-state index contributed by atoms with van der Waals surface area (Å²) in [6, 6.07) is 16.9. The van der Waals surface area contributed by atoms with E-state index in [9.17, 15) is 20.0 Å². The number of hydrogen-bond acceptors (Lipinski definition) is 6. The van der Waals surface area contributed by atoms with E-state index in [2.05, 4.69) is 10.5 Å². The molecule has 0 fully saturated rings. The molecule has 4 aromatic rings. The zero-order valence-corrected chi connectivity index (χ0v) is 14.3. The number of fused-ring (bicyclic) bond motifs is 3. The number of phenolic OH excluding ortho intramolecular Hbond substituents is 1. The Balaban J connectivity index is 1.56. The summed E-state index contributed by atoms with van der Waals surface area (Å²) in [5, 5.41) is 26.9. The molecule has 0 saturated carbocycles. The monoisotopic (exact) mass is 375 g/mol. The molecule has 138 valence electrons. The van der Waals surface area contributed by atoms with Gasteiger partial charge in [-0.1, -0.05) is 30.3 Å². The van der Waals surface area contributed by atoms with Gasteiger partial charge in [-0.05, 0) is 35.0 Å². The smallest absolute Gasteiger partial charge is 0.311 e. The highest BCUT2D eigenvalue weighted by Gasteiger charge is 2.14. The van der Waals surface area contributed by atoms with Crippen molar-refractivity contribution in [3.05, 3.63) is 82.1 Å². The molecular formula is C20H13N3O5. The fourth-order valence-corrected chi connectivity index (χ4v) is 2.89. The number of nitro groups is 1. The number of nitrogens with one attached hydrogen (secondary N) is 1. The molecule has 0 atom stereocenters. The second kappa shape index (κ2) is 6.84. The normalized spacial score (nSPS) is 11.3. The van der Waals surface area contributed by atoms with Crippen molar-refractivity contribution in [1.29, 1.82) is 0 Å². The number of amides is 1. The van der Waals surface area contributed by atoms with Gasteiger partial charge in [0.15, 0.2) is 11.5 Å². The number of aromatic hydroxyl groups is 1. The lowest BCUT2D eigenvalue weighted by atomic mass is 10.1. The average Bonchev–Trinajstić information content (AvgIpc) is 3.14. The summed E-state index contributed by atoms with van der Waals surface area (Å²) in [4.78, 5) is 22.4. The largest absolute Gasteiger partial charge is 0.502 e. The van der Waals surface area contributed by atoms with Gasteiger partial charge in [-0.2, -0.15) is 5.10 Å². The minimum Gasteiger partial charge on any atom is -0.502 e. The van der Waals surface area contributed by atoms with Crippen LogP contribution in [0.15, 0.2) is 70.2 Å². The van der Waals surface area contributed by atoms with Gasteiger partial charge in [0.1, 0.15) is 5.58 Å². The van der Waals surface area contributed by atoms with E-state index < -0.39 is 22.3 Å². The standard InChI is InChI=1S/C20H13N3O5/c24-17-7-5-12(9-16(17)23(26)27)11-21-22-20(25)19-10-15-14-4-2-1-3-13(14)6-8-18(15)28-19/h1-11,24H,(H,22,25)/b21-11-. The van der Waals surface area contributed by atoms with Crippen LogP contribution in [-0.4, -0.2) is 22.2 Å². The van der Waals surface area contributed by atoms with E-state index in [1.165, 1.54) is 18.3 Å². The van der Waals surface area contributed by atoms with Crippen molar-refractivity contribution in [1.82, 2.24) is 5.43 Å². The van der Waals surface area contributed by atoms with Gasteiger partial charge in [-0.15, -0.1) is 0 Å². The van der Waals surface area contributed by atoms with Crippen molar-refractivity contribution in [2.75, 3.05) is 0 Å². The summed E-state index contributed by atoms with van der Waals surface area (Å²) in [5.41, 5.74) is 2.81. The molecule has 8 nitrogen and oxygen atoms in total. The molecule has 0 unspecified atom stereocenters. The molecule has 0 aliphatic rings. The Morgan fingerprint density at radius 1 is 1.11 bits per heavy atom. The van der Waals surface area contributed by atoms with E-state index in [0.29, 0.717) is 11.1 Å². The number of carbonyl (C=O) groups is 1. The molecule has 0 radical (unpaired) electrons. The van der Waals surface area contributed by atoms with Crippen LogP contribution < -0.4 is 5.43 Å². The van der Waals surface area contributed by atoms with Crippen LogP contribution in [-0.2, 0) is 0 Å². The van der Waals surface area contributed by atoms with E-state index >= 15 is 0 Å². The molecule has 3 aromatic carbocycles. The number of hydrazone groups is 1. The molecule has 0 saturated heterocycles. The zero-order chi connectivity index (χ0) is 19.7. The summed E-state index contributed by atoms with van der Waals surface area (Å²) >= 11 is 0. The number of phenols is 1. The SMILES string of the molecule is O=C(N/N=C\c1ccc(O)c([N+](=O)[O-])c1)c1cc2c(ccc3ccccc32)o1. The Hall–Kier alpha value is -4.20. The molecule has 1 heterocycles. The summed E-state index contributed by atoms with van der Waals surface area (Å²) in [6.45, 7) is 0. The fourth-order valence-electron chi connectivity index (χ4n) is 2.89. The van der Waals surface area contributed by atoms with Gasteiger partial charge in [0.25, 0.3) is 0 Å². The first-order valence-electron chi connectivity index (χ1n) is 8.25. The maximum absolute atomic E-state index is 12.3. The lowest BCUT2D eigenvalue weighted by molar-refractivity contribution is -0.385. The van der Waals surface area contributed by atoms with Gasteiger partial charge in [0, 0.05) is 17.0 Å². The van der Waals surface area contributed by atoms with Crippen LogP contribution >= 0.6 is 0 Å². The fraction of sp³-hybridized carbons (Fsp3) is 0. The number of furan rings is 1. The van der Waals surface area contributed by atoms with Gasteiger partial charge in [0.2, 0.25) is 0 Å². The third-order valence-corrected chi connectivity index (χ3v) is 4.23. The Labute approximate surface area is 157 Å². The maximum atomic E-state index is 12.3. The first kappa shape index (κ1) is 17.2. The number of nitro benzene ring substituents is 1. The zero-order valence-electron chi connectivity index (χ0n) is 14.3. The van der Waals surface area contributed by atoms with Crippen LogP contribution in [0.2, 0.25) is 0 Å². The van der Waals surface area contributed by atoms with Crippen LogP contribution in [0.4, 0.5) is 5.69 Å². The second-order valence-electron chi connectivity index (χ2n) is 6.01. The molecule has 1 amide bonds. The summed E-state index contributed by atoms with van der Waals surface area (Å²) in [7, 11) is 0. The molecule has 0 spiro atoms. The molecule has 0 aliphatic carbocycles. The highest BCUT2D eigenvalue weighted by Crippen LogP contribution is 2.28. The van der Waals surface area contributed by atoms with Gasteiger partial charge in [0.05, 0.1) is 11.1 Å². The predicted molar refractivity (Wildman–Crippen MR) is 104 cm³/mol. The van der Waals surface area contributed by atoms with E-state index in [1.807, 2.05) is 30.3 Å². The number of hydrogen-bond donors (Lipinski definition) is 2. The Morgan fingerprint density at radius 3 is 2.75 bits per heavy atom. The van der Waals surface area contributed by atoms with Crippen molar-refractivity contribution in [3.8, 4) is 5.75 Å². The van der Waals surface area contributed by atoms with Crippen molar-refractivity contribution in [2.45, 2.75) is 0 Å². The van der Waals surface area contributed by atoms with Gasteiger partial charge in [-0.25, -0.2) is 5.43 Å². The van der Waals surface area contributed by atoms with Crippen molar-refractivity contribution in [3.63, 3.8) is 0 Å². The molecule has 0 aliphatic heterocycles. The highest BCUT2D eigenvalue weighted by atomic mass is 16.6. The maximum Gasteiger partial charge on any atom is 0.311 e. The van der Waals surface area contributed by atoms with Crippen LogP contribution in [0.3, 0.4) is 0 Å². The van der Waals surface area contributed by atoms with Crippen molar-refractivity contribution >= 4 is 39.6 Å². The molecule has 1 aromatic heterocycles. The quantitative estimate of drug-likeness (QED) is 0.318. The Morgan fingerprint density at radius 2 is 1.93 bits per heavy atom. The minimum absolute atomic E-state index is 0.0974. The molecule has 8 heteroatoms. The van der Waals surface area contributed by atoms with Gasteiger partial charge < -0.3 is 9.52 Å². The second-order valence-corrected chi connectivity index (χ2v) is 6.01. The average molecular weight is 375 g/mol. The summed E-state index contributed by atoms with van der Waals surface area (Å²) in [5.74, 6) is -0.898. The van der Waals surface area contributed by atoms with E-state index in [4.69, 9.17) is 4.42 Å². The summed E-state index contributed by atoms with van der Waals surface area (Å²) in [6.07, 6.45) is 1.24. The lowest BCUT2D eigenvalue weighted by Gasteiger charge is -1.98. The van der Waals surface area contributed by atoms with Crippen LogP contribution in [0.25, 0.3) is 21.7 Å². The molecule has 2 N–H and O–H groups in total. The number of nitrogens with zero attached hydrogens (tertiary/aromatic N) is 2. The molecule has 4 rings (SSSR count). The first-order chi connectivity index (χ1) is 13.5. The van der Waals surface area contributed by atoms with E-state index in [0.717, 1.165) is 22.2 Å². The molecular weight excluding hydrogens is 362 g/mol. The number of benzene rings is 3. The lowest BCUT2D eigenvalue weighted by Crippen LogP contribution is -2.16. The van der Waals surface area contributed by atoms with Crippen LogP contribution in [0.5, 0.6) is 5.75 Å². The molecule has 0 bridgehead atoms. The number of carbonyl (C=O) groups excluding carboxylic acids is 1. The highest BCUT2D eigenvalue weighted by molar-refractivity contribution is 6.08. The summed E-state index contributed by atoms with van der Waals surface area (Å²) < 4.78 is 5.60. The van der Waals surface area contributed by atoms with Gasteiger partial charge >= 0.3 is 11.6 Å². The van der Waals surface area contributed by atoms with Crippen LogP contribution in [0.1, 0.15) is 16.1 Å².